The molecule has 2 aliphatic rings. The van der Waals surface area contributed by atoms with Gasteiger partial charge in [-0.2, -0.15) is 4.98 Å². The van der Waals surface area contributed by atoms with Gasteiger partial charge >= 0.3 is 6.03 Å². The molecule has 2 fully saturated rings. The largest absolute Gasteiger partial charge is 0.324 e. The number of rotatable bonds is 2. The highest BCUT2D eigenvalue weighted by molar-refractivity contribution is 5.88. The predicted octanol–water partition coefficient (Wildman–Crippen LogP) is 2.71. The van der Waals surface area contributed by atoms with Crippen molar-refractivity contribution in [2.45, 2.75) is 70.4 Å². The van der Waals surface area contributed by atoms with Gasteiger partial charge in [-0.25, -0.2) is 4.79 Å². The number of carbonyl (C=O) groups excluding carboxylic acids is 1. The average Bonchev–Trinajstić information content (AvgIpc) is 2.77. The molecule has 6 nitrogen and oxygen atoms in total. The van der Waals surface area contributed by atoms with Crippen LogP contribution in [-0.2, 0) is 13.5 Å². The van der Waals surface area contributed by atoms with Gasteiger partial charge in [0.2, 0.25) is 5.95 Å². The number of nitrogens with zero attached hydrogens (tertiary/aromatic N) is 4. The van der Waals surface area contributed by atoms with E-state index in [9.17, 15) is 4.79 Å². The van der Waals surface area contributed by atoms with Gasteiger partial charge in [-0.3, -0.25) is 10.00 Å². The van der Waals surface area contributed by atoms with Gasteiger partial charge in [0.15, 0.2) is 0 Å². The summed E-state index contributed by atoms with van der Waals surface area (Å²) >= 11 is 0. The molecule has 116 valence electrons. The fourth-order valence-electron chi connectivity index (χ4n) is 3.76. The van der Waals surface area contributed by atoms with Crippen molar-refractivity contribution in [2.24, 2.45) is 7.05 Å². The van der Waals surface area contributed by atoms with E-state index in [0.717, 1.165) is 37.9 Å². The molecule has 1 aromatic rings. The molecule has 2 aliphatic heterocycles. The zero-order valence-electron chi connectivity index (χ0n) is 13.0. The molecule has 0 aromatic carbocycles. The van der Waals surface area contributed by atoms with E-state index >= 15 is 0 Å². The zero-order chi connectivity index (χ0) is 14.8. The molecule has 0 saturated carbocycles. The third kappa shape index (κ3) is 2.89. The van der Waals surface area contributed by atoms with Crippen LogP contribution in [-0.4, -0.2) is 37.8 Å². The normalized spacial score (nSPS) is 25.5. The number of amides is 2. The topological polar surface area (TPSA) is 63.1 Å². The number of urea groups is 1. The van der Waals surface area contributed by atoms with Crippen LogP contribution in [0.2, 0.25) is 0 Å². The van der Waals surface area contributed by atoms with Crippen LogP contribution in [0, 0.1) is 0 Å². The number of hydrogen-bond acceptors (Lipinski definition) is 3. The van der Waals surface area contributed by atoms with Gasteiger partial charge in [-0.1, -0.05) is 19.8 Å². The molecule has 0 radical (unpaired) electrons. The average molecular weight is 291 g/mol. The molecule has 2 amide bonds. The molecule has 6 heteroatoms. The van der Waals surface area contributed by atoms with Gasteiger partial charge < -0.3 is 4.90 Å². The molecule has 2 unspecified atom stereocenters. The lowest BCUT2D eigenvalue weighted by atomic mass is 9.95. The highest BCUT2D eigenvalue weighted by Crippen LogP contribution is 2.32. The van der Waals surface area contributed by atoms with Crippen molar-refractivity contribution in [1.29, 1.82) is 0 Å². The first-order valence-electron chi connectivity index (χ1n) is 8.18. The monoisotopic (exact) mass is 291 g/mol. The summed E-state index contributed by atoms with van der Waals surface area (Å²) in [5.74, 6) is 1.32. The Hall–Kier alpha value is -1.59. The number of aromatic nitrogens is 3. The van der Waals surface area contributed by atoms with Crippen LogP contribution >= 0.6 is 0 Å². The number of aryl methyl sites for hydroxylation is 2. The highest BCUT2D eigenvalue weighted by Gasteiger charge is 2.35. The number of hydrogen-bond donors (Lipinski definition) is 1. The van der Waals surface area contributed by atoms with Crippen molar-refractivity contribution in [1.82, 2.24) is 19.7 Å². The second kappa shape index (κ2) is 6.03. The first-order valence-corrected chi connectivity index (χ1v) is 8.18. The second-order valence-corrected chi connectivity index (χ2v) is 6.19. The number of anilines is 1. The Kier molecular flexibility index (Phi) is 4.12. The van der Waals surface area contributed by atoms with Crippen LogP contribution in [0.4, 0.5) is 10.7 Å². The summed E-state index contributed by atoms with van der Waals surface area (Å²) < 4.78 is 1.73. The molecule has 2 bridgehead atoms. The SMILES string of the molecule is CCc1nc(NC(=O)N2C3CCCCC2CCC3)nn1C. The lowest BCUT2D eigenvalue weighted by Crippen LogP contribution is -2.50. The Morgan fingerprint density at radius 3 is 2.38 bits per heavy atom. The molecule has 3 rings (SSSR count). The minimum absolute atomic E-state index is 0.0140. The minimum atomic E-state index is -0.0140. The van der Waals surface area contributed by atoms with E-state index in [4.69, 9.17) is 0 Å². The van der Waals surface area contributed by atoms with Gasteiger partial charge in [0.05, 0.1) is 0 Å². The van der Waals surface area contributed by atoms with Crippen LogP contribution in [0.1, 0.15) is 57.7 Å². The fraction of sp³-hybridized carbons (Fsp3) is 0.800. The van der Waals surface area contributed by atoms with Crippen molar-refractivity contribution < 1.29 is 4.79 Å². The van der Waals surface area contributed by atoms with Gasteiger partial charge in [0.25, 0.3) is 0 Å². The lowest BCUT2D eigenvalue weighted by molar-refractivity contribution is 0.119. The highest BCUT2D eigenvalue weighted by atomic mass is 16.2. The molecule has 3 heterocycles. The Morgan fingerprint density at radius 1 is 1.19 bits per heavy atom. The van der Waals surface area contributed by atoms with Crippen molar-refractivity contribution in [3.63, 3.8) is 0 Å². The quantitative estimate of drug-likeness (QED) is 0.911. The summed E-state index contributed by atoms with van der Waals surface area (Å²) in [6.45, 7) is 2.04. The number of piperidine rings is 1. The van der Waals surface area contributed by atoms with Crippen molar-refractivity contribution in [2.75, 3.05) is 5.32 Å². The standard InChI is InChI=1S/C15H25N5O/c1-3-13-16-14(18-19(13)2)17-15(21)20-11-7-4-5-8-12(20)10-6-9-11/h11-12H,3-10H2,1-2H3,(H,17,18,21). The maximum atomic E-state index is 12.7. The van der Waals surface area contributed by atoms with Crippen LogP contribution in [0.15, 0.2) is 0 Å². The molecule has 1 aromatic heterocycles. The predicted molar refractivity (Wildman–Crippen MR) is 81.1 cm³/mol. The zero-order valence-corrected chi connectivity index (χ0v) is 13.0. The van der Waals surface area contributed by atoms with Crippen molar-refractivity contribution in [3.05, 3.63) is 5.82 Å². The number of carbonyl (C=O) groups is 1. The molecular weight excluding hydrogens is 266 g/mol. The third-order valence-corrected chi connectivity index (χ3v) is 4.81. The van der Waals surface area contributed by atoms with Crippen molar-refractivity contribution in [3.8, 4) is 0 Å². The lowest BCUT2D eigenvalue weighted by Gasteiger charge is -2.40. The van der Waals surface area contributed by atoms with E-state index in [2.05, 4.69) is 20.3 Å². The second-order valence-electron chi connectivity index (χ2n) is 6.19. The van der Waals surface area contributed by atoms with Crippen LogP contribution in [0.5, 0.6) is 0 Å². The number of fused-ring (bicyclic) bond motifs is 2. The molecule has 2 saturated heterocycles. The summed E-state index contributed by atoms with van der Waals surface area (Å²) in [4.78, 5) is 19.1. The molecule has 1 N–H and O–H groups in total. The molecule has 21 heavy (non-hydrogen) atoms. The van der Waals surface area contributed by atoms with Gasteiger partial charge in [-0.05, 0) is 32.1 Å². The van der Waals surface area contributed by atoms with Crippen LogP contribution in [0.3, 0.4) is 0 Å². The Balaban J connectivity index is 1.74. The fourth-order valence-corrected chi connectivity index (χ4v) is 3.76. The van der Waals surface area contributed by atoms with E-state index < -0.39 is 0 Å². The summed E-state index contributed by atoms with van der Waals surface area (Å²) in [5.41, 5.74) is 0. The maximum absolute atomic E-state index is 12.7. The van der Waals surface area contributed by atoms with E-state index in [1.54, 1.807) is 4.68 Å². The molecular formula is C15H25N5O. The Bertz CT molecular complexity index is 498. The van der Waals surface area contributed by atoms with Crippen LogP contribution in [0.25, 0.3) is 0 Å². The Morgan fingerprint density at radius 2 is 1.81 bits per heavy atom. The van der Waals surface area contributed by atoms with Crippen molar-refractivity contribution >= 4 is 12.0 Å². The maximum Gasteiger partial charge on any atom is 0.324 e. The molecule has 0 spiro atoms. The molecule has 2 atom stereocenters. The summed E-state index contributed by atoms with van der Waals surface area (Å²) in [6, 6.07) is 0.793. The Labute approximate surface area is 125 Å². The van der Waals surface area contributed by atoms with E-state index in [1.807, 2.05) is 14.0 Å². The van der Waals surface area contributed by atoms with Gasteiger partial charge in [-0.15, -0.1) is 5.10 Å². The third-order valence-electron chi connectivity index (χ3n) is 4.81. The minimum Gasteiger partial charge on any atom is -0.318 e. The van der Waals surface area contributed by atoms with E-state index in [-0.39, 0.29) is 6.03 Å². The van der Waals surface area contributed by atoms with E-state index in [0.29, 0.717) is 18.0 Å². The summed E-state index contributed by atoms with van der Waals surface area (Å²) in [5, 5.41) is 7.19. The van der Waals surface area contributed by atoms with E-state index in [1.165, 1.54) is 19.3 Å². The smallest absolute Gasteiger partial charge is 0.318 e. The summed E-state index contributed by atoms with van der Waals surface area (Å²) in [7, 11) is 1.86. The van der Waals surface area contributed by atoms with Gasteiger partial charge in [0.1, 0.15) is 5.82 Å². The first-order chi connectivity index (χ1) is 10.2. The van der Waals surface area contributed by atoms with Crippen LogP contribution < -0.4 is 5.32 Å². The summed E-state index contributed by atoms with van der Waals surface area (Å²) in [6.07, 6.45) is 9.11. The number of nitrogens with one attached hydrogen (secondary N) is 1. The molecule has 0 aliphatic carbocycles. The van der Waals surface area contributed by atoms with Gasteiger partial charge in [0, 0.05) is 25.6 Å². The first kappa shape index (κ1) is 14.4.